The van der Waals surface area contributed by atoms with E-state index >= 15 is 0 Å². The van der Waals surface area contributed by atoms with E-state index in [9.17, 15) is 5.39 Å². The molecule has 0 radical (unpaired) electrons. The average molecular weight is 380 g/mol. The van der Waals surface area contributed by atoms with Crippen molar-refractivity contribution in [3.63, 3.8) is 0 Å². The fourth-order valence-electron chi connectivity index (χ4n) is 2.33. The summed E-state index contributed by atoms with van der Waals surface area (Å²) in [5, 5.41) is 9.35. The van der Waals surface area contributed by atoms with Crippen LogP contribution in [0.15, 0.2) is 37.4 Å². The van der Waals surface area contributed by atoms with Gasteiger partial charge in [0.2, 0.25) is 11.1 Å². The number of rotatable bonds is 13. The molecule has 1 aromatic carbocycles. The van der Waals surface area contributed by atoms with Crippen molar-refractivity contribution in [2.45, 2.75) is 39.5 Å². The quantitative estimate of drug-likeness (QED) is 0.300. The van der Waals surface area contributed by atoms with Gasteiger partial charge in [-0.25, -0.2) is 0 Å². The van der Waals surface area contributed by atoms with Crippen molar-refractivity contribution in [1.29, 1.82) is 5.39 Å². The highest BCUT2D eigenvalue weighted by molar-refractivity contribution is 5.72. The Morgan fingerprint density at radius 2 is 1.54 bits per heavy atom. The van der Waals surface area contributed by atoms with E-state index in [4.69, 9.17) is 9.47 Å². The van der Waals surface area contributed by atoms with Crippen LogP contribution in [-0.2, 0) is 0 Å². The molecule has 5 nitrogen and oxygen atoms in total. The van der Waals surface area contributed by atoms with Crippen LogP contribution in [0.3, 0.4) is 0 Å². The molecule has 0 heterocycles. The van der Waals surface area contributed by atoms with Crippen LogP contribution in [0, 0.1) is 5.39 Å². The van der Waals surface area contributed by atoms with E-state index in [-0.39, 0.29) is 12.4 Å². The number of nitrogens with zero attached hydrogens (tertiary/aromatic N) is 3. The third kappa shape index (κ3) is 7.37. The Balaban J connectivity index is 0.00000625. The Morgan fingerprint density at radius 1 is 1.00 bits per heavy atom. The molecule has 0 spiro atoms. The molecule has 26 heavy (non-hydrogen) atoms. The van der Waals surface area contributed by atoms with Crippen molar-refractivity contribution < 1.29 is 21.9 Å². The van der Waals surface area contributed by atoms with Gasteiger partial charge in [0.15, 0.2) is 10.7 Å². The van der Waals surface area contributed by atoms with Crippen molar-refractivity contribution in [2.75, 3.05) is 31.2 Å². The minimum Gasteiger partial charge on any atom is -1.00 e. The first-order chi connectivity index (χ1) is 12.2. The Kier molecular flexibility index (Phi) is 12.8. The lowest BCUT2D eigenvalue weighted by molar-refractivity contribution is -0.00000643. The molecule has 0 saturated heterocycles. The van der Waals surface area contributed by atoms with Crippen LogP contribution in [0.2, 0.25) is 0 Å². The number of halogens is 1. The van der Waals surface area contributed by atoms with Gasteiger partial charge >= 0.3 is 5.69 Å². The van der Waals surface area contributed by atoms with Crippen LogP contribution in [0.4, 0.5) is 11.4 Å². The summed E-state index contributed by atoms with van der Waals surface area (Å²) >= 11 is 0. The molecule has 0 aliphatic rings. The Morgan fingerprint density at radius 3 is 2.00 bits per heavy atom. The number of benzene rings is 1. The van der Waals surface area contributed by atoms with E-state index in [1.165, 1.54) is 0 Å². The zero-order valence-electron chi connectivity index (χ0n) is 15.9. The van der Waals surface area contributed by atoms with Crippen LogP contribution in [-0.4, -0.2) is 26.3 Å². The van der Waals surface area contributed by atoms with Gasteiger partial charge in [0.25, 0.3) is 0 Å². The lowest BCUT2D eigenvalue weighted by atomic mass is 10.2. The van der Waals surface area contributed by atoms with Gasteiger partial charge in [0.1, 0.15) is 0 Å². The molecule has 0 atom stereocenters. The largest absolute Gasteiger partial charge is 1.00 e. The minimum atomic E-state index is 0. The highest BCUT2D eigenvalue weighted by atomic mass is 35.5. The summed E-state index contributed by atoms with van der Waals surface area (Å²) in [6.45, 7) is 14.4. The first kappa shape index (κ1) is 23.8. The second kappa shape index (κ2) is 14.0. The number of diazo groups is 1. The monoisotopic (exact) mass is 379 g/mol. The summed E-state index contributed by atoms with van der Waals surface area (Å²) in [4.78, 5) is 5.46. The van der Waals surface area contributed by atoms with Crippen LogP contribution >= 0.6 is 0 Å². The summed E-state index contributed by atoms with van der Waals surface area (Å²) in [5.41, 5.74) is 1.26. The average Bonchev–Trinajstić information content (AvgIpc) is 2.62. The van der Waals surface area contributed by atoms with Gasteiger partial charge in [-0.2, -0.15) is 0 Å². The summed E-state index contributed by atoms with van der Waals surface area (Å²) in [7, 11) is 0. The molecule has 0 saturated carbocycles. The molecule has 6 heteroatoms. The summed E-state index contributed by atoms with van der Waals surface area (Å²) in [5.74, 6) is 1.22. The van der Waals surface area contributed by atoms with E-state index in [2.05, 4.69) is 36.9 Å². The predicted molar refractivity (Wildman–Crippen MR) is 105 cm³/mol. The highest BCUT2D eigenvalue weighted by Gasteiger charge is 2.23. The standard InChI is InChI=1S/C20H30N3O2.ClH/c1-5-9-13-24-19-16-18(23(11-7-3)12-8-4)20(15-17(19)22-21)25-14-10-6-2;/h7-8,15-16H,3-6,9-14H2,1-2H3;1H/q+1;/p-1. The molecule has 1 aromatic rings. The maximum atomic E-state index is 9.35. The van der Waals surface area contributed by atoms with Gasteiger partial charge < -0.3 is 26.8 Å². The first-order valence-electron chi connectivity index (χ1n) is 8.97. The van der Waals surface area contributed by atoms with Gasteiger partial charge in [-0.15, -0.1) is 13.2 Å². The van der Waals surface area contributed by atoms with E-state index in [1.807, 2.05) is 18.2 Å². The van der Waals surface area contributed by atoms with Gasteiger partial charge in [0.05, 0.1) is 25.0 Å². The number of hydrogen-bond acceptors (Lipinski definition) is 4. The van der Waals surface area contributed by atoms with Gasteiger partial charge in [-0.1, -0.05) is 38.8 Å². The highest BCUT2D eigenvalue weighted by Crippen LogP contribution is 2.40. The molecule has 0 aromatic heterocycles. The molecule has 0 bridgehead atoms. The van der Waals surface area contributed by atoms with E-state index in [0.717, 1.165) is 31.4 Å². The molecule has 1 rings (SSSR count). The van der Waals surface area contributed by atoms with Gasteiger partial charge in [-0.3, -0.25) is 0 Å². The Hall–Kier alpha value is -2.19. The third-order valence-electron chi connectivity index (χ3n) is 3.70. The SMILES string of the molecule is C=CCN(CC=C)c1cc(OCCCC)c([N+]#N)cc1OCCCC.[Cl-]. The minimum absolute atomic E-state index is 0. The number of unbranched alkanes of at least 4 members (excludes halogenated alkanes) is 2. The smallest absolute Gasteiger partial charge is 0.430 e. The zero-order chi connectivity index (χ0) is 18.5. The van der Waals surface area contributed by atoms with Gasteiger partial charge in [-0.05, 0) is 12.8 Å². The molecule has 0 unspecified atom stereocenters. The molecule has 0 N–H and O–H groups in total. The fraction of sp³-hybridized carbons (Fsp3) is 0.500. The summed E-state index contributed by atoms with van der Waals surface area (Å²) in [6, 6.07) is 3.60. The van der Waals surface area contributed by atoms with Crippen molar-refractivity contribution in [3.8, 4) is 11.5 Å². The lowest BCUT2D eigenvalue weighted by Crippen LogP contribution is -3.00. The Labute approximate surface area is 163 Å². The zero-order valence-corrected chi connectivity index (χ0v) is 16.7. The maximum absolute atomic E-state index is 9.35. The van der Waals surface area contributed by atoms with Crippen LogP contribution in [0.25, 0.3) is 4.98 Å². The number of anilines is 1. The second-order valence-corrected chi connectivity index (χ2v) is 5.77. The van der Waals surface area contributed by atoms with E-state index in [0.29, 0.717) is 43.5 Å². The van der Waals surface area contributed by atoms with Crippen LogP contribution in [0.5, 0.6) is 11.5 Å². The number of ether oxygens (including phenoxy) is 2. The first-order valence-corrected chi connectivity index (χ1v) is 8.97. The van der Waals surface area contributed by atoms with Crippen molar-refractivity contribution in [1.82, 2.24) is 0 Å². The molecule has 0 fully saturated rings. The molecule has 144 valence electrons. The normalized spacial score (nSPS) is 9.58. The van der Waals surface area contributed by atoms with Crippen molar-refractivity contribution in [2.24, 2.45) is 0 Å². The topological polar surface area (TPSA) is 49.9 Å². The van der Waals surface area contributed by atoms with Crippen molar-refractivity contribution in [3.05, 3.63) is 42.4 Å². The second-order valence-electron chi connectivity index (χ2n) is 5.77. The van der Waals surface area contributed by atoms with E-state index in [1.54, 1.807) is 6.07 Å². The maximum Gasteiger partial charge on any atom is 0.430 e. The van der Waals surface area contributed by atoms with E-state index < -0.39 is 0 Å². The Bertz CT molecular complexity index is 589. The third-order valence-corrected chi connectivity index (χ3v) is 3.70. The summed E-state index contributed by atoms with van der Waals surface area (Å²) in [6.07, 6.45) is 7.66. The summed E-state index contributed by atoms with van der Waals surface area (Å²) < 4.78 is 11.7. The fourth-order valence-corrected chi connectivity index (χ4v) is 2.33. The van der Waals surface area contributed by atoms with Crippen molar-refractivity contribution >= 4 is 11.4 Å². The van der Waals surface area contributed by atoms with Crippen LogP contribution < -0.4 is 26.8 Å². The molecule has 0 aliphatic heterocycles. The van der Waals surface area contributed by atoms with Gasteiger partial charge in [0, 0.05) is 19.2 Å². The number of hydrogen-bond donors (Lipinski definition) is 0. The predicted octanol–water partition coefficient (Wildman–Crippen LogP) is 2.71. The molecular formula is C20H30ClN3O2. The molecule has 0 aliphatic carbocycles. The molecule has 0 amide bonds. The van der Waals surface area contributed by atoms with Crippen LogP contribution in [0.1, 0.15) is 39.5 Å². The lowest BCUT2D eigenvalue weighted by Gasteiger charge is -2.24. The molecular weight excluding hydrogens is 350 g/mol.